The zero-order valence-corrected chi connectivity index (χ0v) is 47.6. The van der Waals surface area contributed by atoms with Gasteiger partial charge in [0.05, 0.1) is 66.0 Å². The molecule has 2 atom stereocenters. The fourth-order valence-electron chi connectivity index (χ4n) is 9.29. The third-order valence-corrected chi connectivity index (χ3v) is 14.8. The molecule has 430 valence electrons. The lowest BCUT2D eigenvalue weighted by Gasteiger charge is -2.35. The van der Waals surface area contributed by atoms with E-state index in [1.165, 1.54) is 18.2 Å². The maximum absolute atomic E-state index is 15.0. The number of nitrogens with zero attached hydrogens (tertiary/aromatic N) is 6. The largest absolute Gasteiger partial charge is 0.388 e. The number of nitrogens with one attached hydrogen (secondary N) is 7. The number of fused-ring (bicyclic) bond motifs is 3. The number of thiazole rings is 1. The highest BCUT2D eigenvalue weighted by Gasteiger charge is 2.42. The number of aromatic nitrogens is 3. The van der Waals surface area contributed by atoms with E-state index in [1.807, 2.05) is 57.5 Å². The van der Waals surface area contributed by atoms with Gasteiger partial charge in [-0.1, -0.05) is 68.8 Å². The fourth-order valence-corrected chi connectivity index (χ4v) is 10.3. The first kappa shape index (κ1) is 60.2. The molecule has 4 heterocycles. The normalized spacial score (nSPS) is 14.4. The summed E-state index contributed by atoms with van der Waals surface area (Å²) in [5.41, 5.74) is 15.2. The lowest BCUT2D eigenvalue weighted by molar-refractivity contribution is -0.143. The van der Waals surface area contributed by atoms with Crippen molar-refractivity contribution in [3.8, 4) is 21.7 Å². The van der Waals surface area contributed by atoms with Crippen molar-refractivity contribution in [1.29, 1.82) is 5.53 Å². The number of hydrogen-bond acceptors (Lipinski definition) is 16. The Bertz CT molecular complexity index is 3280. The number of rotatable bonds is 26. The predicted molar refractivity (Wildman–Crippen MR) is 311 cm³/mol. The fraction of sp³-hybridized carbons (Fsp3) is 0.356. The van der Waals surface area contributed by atoms with E-state index in [4.69, 9.17) is 31.6 Å². The highest BCUT2D eigenvalue weighted by atomic mass is 35.5. The van der Waals surface area contributed by atoms with E-state index in [2.05, 4.69) is 52.0 Å². The van der Waals surface area contributed by atoms with E-state index in [9.17, 15) is 28.0 Å². The van der Waals surface area contributed by atoms with E-state index >= 15 is 0 Å². The summed E-state index contributed by atoms with van der Waals surface area (Å²) in [5.74, 6) is -2.29. The number of carbonyl (C=O) groups is 4. The van der Waals surface area contributed by atoms with Crippen LogP contribution in [-0.4, -0.2) is 120 Å². The van der Waals surface area contributed by atoms with E-state index in [0.29, 0.717) is 89.9 Å². The summed E-state index contributed by atoms with van der Waals surface area (Å²) in [4.78, 5) is 74.2. The lowest BCUT2D eigenvalue weighted by Crippen LogP contribution is -2.57. The molecule has 1 saturated heterocycles. The Morgan fingerprint density at radius 3 is 2.41 bits per heavy atom. The number of anilines is 2. The maximum Gasteiger partial charge on any atom is 0.251 e. The molecular formula is C59H66ClF2N13O6S. The molecule has 1 fully saturated rings. The van der Waals surface area contributed by atoms with Crippen LogP contribution in [0, 0.1) is 29.5 Å². The number of aliphatic imine (C=N–C) groups is 1. The Balaban J connectivity index is 0.676. The maximum atomic E-state index is 15.0. The second-order valence-electron chi connectivity index (χ2n) is 20.6. The van der Waals surface area contributed by atoms with Gasteiger partial charge in [-0.3, -0.25) is 24.2 Å². The van der Waals surface area contributed by atoms with Crippen LogP contribution < -0.4 is 31.9 Å². The molecule has 19 nitrogen and oxygen atoms in total. The Kier molecular flexibility index (Phi) is 21.1. The Morgan fingerprint density at radius 1 is 0.915 bits per heavy atom. The van der Waals surface area contributed by atoms with Crippen LogP contribution in [0.1, 0.15) is 78.3 Å². The van der Waals surface area contributed by atoms with E-state index < -0.39 is 29.1 Å². The molecule has 0 aliphatic carbocycles. The second kappa shape index (κ2) is 28.7. The minimum Gasteiger partial charge on any atom is -0.388 e. The number of amides is 4. The topological polar surface area (TPSA) is 249 Å². The minimum atomic E-state index is -0.821. The van der Waals surface area contributed by atoms with Crippen molar-refractivity contribution in [3.05, 3.63) is 159 Å². The molecule has 0 radical (unpaired) electrons. The summed E-state index contributed by atoms with van der Waals surface area (Å²) in [6.45, 7) is 10.9. The van der Waals surface area contributed by atoms with Crippen LogP contribution in [0.2, 0.25) is 5.02 Å². The number of likely N-dealkylation sites (tertiary alicyclic amines) is 1. The van der Waals surface area contributed by atoms with Gasteiger partial charge in [-0.25, -0.2) is 29.3 Å². The van der Waals surface area contributed by atoms with Crippen LogP contribution in [0.3, 0.4) is 0 Å². The number of aryl methyl sites for hydroxylation is 1. The molecule has 7 N–H and O–H groups in total. The molecular weight excluding hydrogens is 1090 g/mol. The first-order valence-electron chi connectivity index (χ1n) is 26.9. The molecule has 2 aromatic heterocycles. The number of halogens is 3. The van der Waals surface area contributed by atoms with Gasteiger partial charge in [0, 0.05) is 91.0 Å². The zero-order valence-electron chi connectivity index (χ0n) is 46.0. The van der Waals surface area contributed by atoms with Crippen molar-refractivity contribution in [2.24, 2.45) is 15.5 Å². The highest BCUT2D eigenvalue weighted by molar-refractivity contribution is 7.13. The molecule has 1 unspecified atom stereocenters. The van der Waals surface area contributed by atoms with Gasteiger partial charge in [0.25, 0.3) is 5.91 Å². The van der Waals surface area contributed by atoms with Crippen molar-refractivity contribution < 1.29 is 37.4 Å². The molecule has 6 aromatic rings. The van der Waals surface area contributed by atoms with Gasteiger partial charge in [0.1, 0.15) is 29.4 Å². The Morgan fingerprint density at radius 2 is 1.68 bits per heavy atom. The van der Waals surface area contributed by atoms with Gasteiger partial charge in [-0.2, -0.15) is 5.11 Å². The van der Waals surface area contributed by atoms with Crippen LogP contribution in [0.15, 0.2) is 119 Å². The van der Waals surface area contributed by atoms with Crippen LogP contribution in [0.25, 0.3) is 21.7 Å². The van der Waals surface area contributed by atoms with Crippen molar-refractivity contribution in [2.45, 2.75) is 72.1 Å². The van der Waals surface area contributed by atoms with E-state index in [0.717, 1.165) is 21.7 Å². The molecule has 4 aromatic carbocycles. The highest BCUT2D eigenvalue weighted by Crippen LogP contribution is 2.35. The van der Waals surface area contributed by atoms with Crippen LogP contribution in [0.5, 0.6) is 0 Å². The predicted octanol–water partition coefficient (Wildman–Crippen LogP) is 8.64. The van der Waals surface area contributed by atoms with E-state index in [-0.39, 0.29) is 86.8 Å². The van der Waals surface area contributed by atoms with Gasteiger partial charge in [-0.05, 0) is 84.8 Å². The standard InChI is InChI=1S/C59H66ClF2N13O6S/c1-36-53(82-35-70-36)38-12-10-37(11-13-38)30-68-56(78)48-9-6-25-75(48)57(79)54(59(2,3)4)72-49(76)20-21-64-22-23-65-33-43(74-63)34-81-28-27-80-26-24-66-55(77)39-14-17-42(18-15-39)71-58-69-32-40-31-67-52(50-46(61)7-5-8-47(50)62)45-29-41(60)16-19-44(45)51(40)73-58/h5,7-8,10-19,29,32-33,35,48,54,63-65H,6,9,20-28,30-31,34H2,1-4H3,(H,66,77)(H,68,78)(H,72,76)(H,69,71,73)/b43-33-,74-63?/t48-,54?/m0/s1. The second-order valence-corrected chi connectivity index (χ2v) is 21.9. The quantitative estimate of drug-likeness (QED) is 0.0199. The first-order valence-corrected chi connectivity index (χ1v) is 28.2. The number of benzene rings is 4. The van der Waals surface area contributed by atoms with Gasteiger partial charge < -0.3 is 46.3 Å². The van der Waals surface area contributed by atoms with E-state index in [1.54, 1.807) is 71.1 Å². The average Bonchev–Trinajstić information content (AvgIpc) is 4.22. The zero-order chi connectivity index (χ0) is 58.2. The van der Waals surface area contributed by atoms with Crippen molar-refractivity contribution in [1.82, 2.24) is 46.4 Å². The molecule has 2 aliphatic rings. The van der Waals surface area contributed by atoms with Gasteiger partial charge >= 0.3 is 0 Å². The van der Waals surface area contributed by atoms with Crippen molar-refractivity contribution in [3.63, 3.8) is 0 Å². The van der Waals surface area contributed by atoms with Crippen LogP contribution in [-0.2, 0) is 36.9 Å². The van der Waals surface area contributed by atoms with Crippen molar-refractivity contribution >= 4 is 63.9 Å². The summed E-state index contributed by atoms with van der Waals surface area (Å²) in [5, 5.41) is 22.1. The molecule has 23 heteroatoms. The molecule has 0 saturated carbocycles. The summed E-state index contributed by atoms with van der Waals surface area (Å²) in [6.07, 6.45) is 4.57. The average molecular weight is 1160 g/mol. The van der Waals surface area contributed by atoms with Gasteiger partial charge in [-0.15, -0.1) is 11.3 Å². The Hall–Kier alpha value is -7.89. The summed E-state index contributed by atoms with van der Waals surface area (Å²) in [6, 6.07) is 22.0. The van der Waals surface area contributed by atoms with Gasteiger partial charge in [0.2, 0.25) is 23.7 Å². The summed E-state index contributed by atoms with van der Waals surface area (Å²) >= 11 is 7.94. The third kappa shape index (κ3) is 16.0. The molecule has 2 aliphatic heterocycles. The monoisotopic (exact) mass is 1160 g/mol. The SMILES string of the molecule is Cc1ncsc1-c1ccc(CNC(=O)[C@@H]2CCCN2C(=O)C(NC(=O)CCNCCN/C=C(/COCCOCCNC(=O)c2ccc(Nc3ncc4c(n3)-c3ccc(Cl)cc3C(c3c(F)cccc3F)=NC4)cc2)N=N)C(C)(C)C)cc1. The lowest BCUT2D eigenvalue weighted by atomic mass is 9.85. The smallest absolute Gasteiger partial charge is 0.251 e. The molecule has 0 spiro atoms. The molecule has 0 bridgehead atoms. The Labute approximate surface area is 483 Å². The third-order valence-electron chi connectivity index (χ3n) is 13.6. The summed E-state index contributed by atoms with van der Waals surface area (Å²) in [7, 11) is 0. The van der Waals surface area contributed by atoms with Crippen LogP contribution >= 0.6 is 22.9 Å². The number of hydrogen-bond donors (Lipinski definition) is 7. The molecule has 4 amide bonds. The van der Waals surface area contributed by atoms with Gasteiger partial charge in [0.15, 0.2) is 0 Å². The molecule has 8 rings (SSSR count). The van der Waals surface area contributed by atoms with Crippen LogP contribution in [0.4, 0.5) is 20.4 Å². The molecule has 82 heavy (non-hydrogen) atoms. The van der Waals surface area contributed by atoms with Crippen molar-refractivity contribution in [2.75, 3.05) is 64.5 Å². The minimum absolute atomic E-state index is 0.0752. The number of ether oxygens (including phenoxy) is 2. The number of carbonyl (C=O) groups excluding carboxylic acids is 4. The summed E-state index contributed by atoms with van der Waals surface area (Å²) < 4.78 is 41.2. The first-order chi connectivity index (χ1) is 39.6.